The summed E-state index contributed by atoms with van der Waals surface area (Å²) in [6.45, 7) is 0. The Bertz CT molecular complexity index is 954. The van der Waals surface area contributed by atoms with Gasteiger partial charge in [-0.05, 0) is 59.7 Å². The van der Waals surface area contributed by atoms with Crippen LogP contribution < -0.4 is 4.74 Å². The molecule has 0 saturated carbocycles. The number of nitrogens with zero attached hydrogens (tertiary/aromatic N) is 3. The fourth-order valence-electron chi connectivity index (χ4n) is 3.21. The van der Waals surface area contributed by atoms with Crippen molar-refractivity contribution < 1.29 is 9.53 Å². The molecular formula is C22H19N3O2. The molecule has 0 aliphatic carbocycles. The summed E-state index contributed by atoms with van der Waals surface area (Å²) in [5.74, 6) is 0.682. The van der Waals surface area contributed by atoms with Crippen molar-refractivity contribution in [3.05, 3.63) is 95.8 Å². The van der Waals surface area contributed by atoms with Crippen molar-refractivity contribution in [3.63, 3.8) is 0 Å². The van der Waals surface area contributed by atoms with Crippen molar-refractivity contribution >= 4 is 11.6 Å². The first-order chi connectivity index (χ1) is 13.3. The van der Waals surface area contributed by atoms with Crippen LogP contribution in [0.3, 0.4) is 0 Å². The number of aromatic nitrogens is 1. The summed E-state index contributed by atoms with van der Waals surface area (Å²) in [4.78, 5) is 17.2. The number of amides is 1. The van der Waals surface area contributed by atoms with E-state index in [1.807, 2.05) is 66.7 Å². The molecule has 5 heteroatoms. The number of hydrogen-bond acceptors (Lipinski definition) is 4. The van der Waals surface area contributed by atoms with Crippen LogP contribution in [0.5, 0.6) is 5.75 Å². The number of benzene rings is 2. The van der Waals surface area contributed by atoms with E-state index in [4.69, 9.17) is 4.74 Å². The molecule has 2 heterocycles. The monoisotopic (exact) mass is 357 g/mol. The van der Waals surface area contributed by atoms with Gasteiger partial charge in [-0.25, -0.2) is 5.01 Å². The molecule has 1 aliphatic rings. The summed E-state index contributed by atoms with van der Waals surface area (Å²) in [5.41, 5.74) is 3.50. The van der Waals surface area contributed by atoms with E-state index in [1.165, 1.54) is 0 Å². The second kappa shape index (κ2) is 7.41. The van der Waals surface area contributed by atoms with Crippen LogP contribution in [0.4, 0.5) is 0 Å². The average Bonchev–Trinajstić information content (AvgIpc) is 3.20. The predicted molar refractivity (Wildman–Crippen MR) is 104 cm³/mol. The molecule has 27 heavy (non-hydrogen) atoms. The standard InChI is InChI=1S/C22H19N3O2/c1-27-19-9-7-16(8-10-19)20-15-21(17-11-13-23-14-12-17)25(24-20)22(26)18-5-3-2-4-6-18/h2-14,21H,15H2,1H3. The molecule has 2 aromatic carbocycles. The van der Waals surface area contributed by atoms with Crippen LogP contribution in [0.2, 0.25) is 0 Å². The van der Waals surface area contributed by atoms with Crippen molar-refractivity contribution in [2.45, 2.75) is 12.5 Å². The molecule has 134 valence electrons. The van der Waals surface area contributed by atoms with Gasteiger partial charge in [-0.2, -0.15) is 5.10 Å². The highest BCUT2D eigenvalue weighted by atomic mass is 16.5. The van der Waals surface area contributed by atoms with Gasteiger partial charge in [0.05, 0.1) is 18.9 Å². The van der Waals surface area contributed by atoms with Gasteiger partial charge in [0.1, 0.15) is 5.75 Å². The maximum Gasteiger partial charge on any atom is 0.274 e. The molecule has 3 aromatic rings. The van der Waals surface area contributed by atoms with Crippen LogP contribution in [0.25, 0.3) is 0 Å². The number of pyridine rings is 1. The van der Waals surface area contributed by atoms with E-state index in [0.717, 1.165) is 22.6 Å². The van der Waals surface area contributed by atoms with Gasteiger partial charge >= 0.3 is 0 Å². The third-order valence-electron chi connectivity index (χ3n) is 4.65. The smallest absolute Gasteiger partial charge is 0.274 e. The summed E-state index contributed by atoms with van der Waals surface area (Å²) < 4.78 is 5.23. The van der Waals surface area contributed by atoms with E-state index < -0.39 is 0 Å². The largest absolute Gasteiger partial charge is 0.497 e. The first kappa shape index (κ1) is 17.0. The summed E-state index contributed by atoms with van der Waals surface area (Å²) >= 11 is 0. The molecule has 1 amide bonds. The third kappa shape index (κ3) is 3.44. The quantitative estimate of drug-likeness (QED) is 0.707. The van der Waals surface area contributed by atoms with Crippen molar-refractivity contribution in [1.82, 2.24) is 9.99 Å². The van der Waals surface area contributed by atoms with Crippen molar-refractivity contribution in [3.8, 4) is 5.75 Å². The van der Waals surface area contributed by atoms with E-state index in [0.29, 0.717) is 12.0 Å². The van der Waals surface area contributed by atoms with Crippen LogP contribution in [0, 0.1) is 0 Å². The zero-order chi connectivity index (χ0) is 18.6. The van der Waals surface area contributed by atoms with Gasteiger partial charge in [-0.15, -0.1) is 0 Å². The Morgan fingerprint density at radius 1 is 1.00 bits per heavy atom. The lowest BCUT2D eigenvalue weighted by Gasteiger charge is -2.22. The fraction of sp³-hybridized carbons (Fsp3) is 0.136. The van der Waals surface area contributed by atoms with E-state index in [9.17, 15) is 4.79 Å². The third-order valence-corrected chi connectivity index (χ3v) is 4.65. The average molecular weight is 357 g/mol. The van der Waals surface area contributed by atoms with Gasteiger partial charge < -0.3 is 4.74 Å². The number of rotatable bonds is 4. The Morgan fingerprint density at radius 2 is 1.70 bits per heavy atom. The van der Waals surface area contributed by atoms with Gasteiger partial charge in [-0.1, -0.05) is 18.2 Å². The molecule has 0 N–H and O–H groups in total. The fourth-order valence-corrected chi connectivity index (χ4v) is 3.21. The summed E-state index contributed by atoms with van der Waals surface area (Å²) in [7, 11) is 1.64. The normalized spacial score (nSPS) is 16.1. The molecule has 0 saturated heterocycles. The first-order valence-electron chi connectivity index (χ1n) is 8.76. The van der Waals surface area contributed by atoms with E-state index in [2.05, 4.69) is 10.1 Å². The first-order valence-corrected chi connectivity index (χ1v) is 8.76. The zero-order valence-electron chi connectivity index (χ0n) is 14.9. The molecule has 0 radical (unpaired) electrons. The lowest BCUT2D eigenvalue weighted by atomic mass is 9.99. The van der Waals surface area contributed by atoms with Crippen LogP contribution in [-0.2, 0) is 0 Å². The lowest BCUT2D eigenvalue weighted by Crippen LogP contribution is -2.27. The lowest BCUT2D eigenvalue weighted by molar-refractivity contribution is 0.0711. The number of carbonyl (C=O) groups is 1. The number of carbonyl (C=O) groups excluding carboxylic acids is 1. The molecule has 1 aliphatic heterocycles. The van der Waals surface area contributed by atoms with Crippen molar-refractivity contribution in [1.29, 1.82) is 0 Å². The van der Waals surface area contributed by atoms with Crippen molar-refractivity contribution in [2.24, 2.45) is 5.10 Å². The van der Waals surface area contributed by atoms with E-state index >= 15 is 0 Å². The second-order valence-electron chi connectivity index (χ2n) is 6.29. The molecule has 0 fully saturated rings. The number of hydrogen-bond donors (Lipinski definition) is 0. The van der Waals surface area contributed by atoms with Gasteiger partial charge in [0, 0.05) is 24.4 Å². The van der Waals surface area contributed by atoms with E-state index in [1.54, 1.807) is 24.5 Å². The molecule has 1 atom stereocenters. The Morgan fingerprint density at radius 3 is 2.37 bits per heavy atom. The number of ether oxygens (including phenoxy) is 1. The van der Waals surface area contributed by atoms with Gasteiger partial charge in [0.25, 0.3) is 5.91 Å². The van der Waals surface area contributed by atoms with Crippen LogP contribution in [0.15, 0.2) is 84.2 Å². The molecule has 5 nitrogen and oxygen atoms in total. The van der Waals surface area contributed by atoms with Crippen LogP contribution in [0.1, 0.15) is 33.9 Å². The minimum atomic E-state index is -0.155. The SMILES string of the molecule is COc1ccc(C2=NN(C(=O)c3ccccc3)C(c3ccncc3)C2)cc1. The highest BCUT2D eigenvalue weighted by molar-refractivity contribution is 6.05. The van der Waals surface area contributed by atoms with E-state index in [-0.39, 0.29) is 11.9 Å². The van der Waals surface area contributed by atoms with Crippen molar-refractivity contribution in [2.75, 3.05) is 7.11 Å². The minimum Gasteiger partial charge on any atom is -0.497 e. The van der Waals surface area contributed by atoms with Gasteiger partial charge in [-0.3, -0.25) is 9.78 Å². The van der Waals surface area contributed by atoms with Gasteiger partial charge in [0.15, 0.2) is 0 Å². The maximum absolute atomic E-state index is 13.1. The molecule has 1 aromatic heterocycles. The summed E-state index contributed by atoms with van der Waals surface area (Å²) in [6.07, 6.45) is 4.13. The Hall–Kier alpha value is -3.47. The number of hydrazone groups is 1. The molecule has 4 rings (SSSR count). The Labute approximate surface area is 157 Å². The van der Waals surface area contributed by atoms with Crippen LogP contribution in [-0.4, -0.2) is 28.7 Å². The molecule has 1 unspecified atom stereocenters. The highest BCUT2D eigenvalue weighted by Crippen LogP contribution is 2.34. The molecule has 0 bridgehead atoms. The summed E-state index contributed by atoms with van der Waals surface area (Å²) in [6, 6.07) is 20.7. The van der Waals surface area contributed by atoms with Crippen LogP contribution >= 0.6 is 0 Å². The molecular weight excluding hydrogens is 338 g/mol. The second-order valence-corrected chi connectivity index (χ2v) is 6.29. The number of methoxy groups -OCH3 is 1. The topological polar surface area (TPSA) is 54.8 Å². The predicted octanol–water partition coefficient (Wildman–Crippen LogP) is 4.08. The molecule has 0 spiro atoms. The zero-order valence-corrected chi connectivity index (χ0v) is 14.9. The maximum atomic E-state index is 13.1. The summed E-state index contributed by atoms with van der Waals surface area (Å²) in [5, 5.41) is 6.27. The minimum absolute atomic E-state index is 0.110. The Balaban J connectivity index is 1.70. The Kier molecular flexibility index (Phi) is 4.66. The highest BCUT2D eigenvalue weighted by Gasteiger charge is 2.33. The van der Waals surface area contributed by atoms with Gasteiger partial charge in [0.2, 0.25) is 0 Å².